The third-order valence-corrected chi connectivity index (χ3v) is 3.72. The first-order valence-electron chi connectivity index (χ1n) is 6.58. The Kier molecular flexibility index (Phi) is 4.99. The van der Waals surface area contributed by atoms with Gasteiger partial charge in [-0.1, -0.05) is 12.8 Å². The summed E-state index contributed by atoms with van der Waals surface area (Å²) < 4.78 is 5.05. The lowest BCUT2D eigenvalue weighted by molar-refractivity contribution is -0.123. The molecule has 5 nitrogen and oxygen atoms in total. The quantitative estimate of drug-likeness (QED) is 0.786. The zero-order valence-corrected chi connectivity index (χ0v) is 11.3. The van der Waals surface area contributed by atoms with Crippen molar-refractivity contribution in [3.05, 3.63) is 0 Å². The van der Waals surface area contributed by atoms with Crippen LogP contribution in [0.5, 0.6) is 0 Å². The summed E-state index contributed by atoms with van der Waals surface area (Å²) in [6, 6.07) is 0. The first-order chi connectivity index (χ1) is 8.30. The fourth-order valence-corrected chi connectivity index (χ4v) is 2.69. The standard InChI is InChI=1S/C13H24N2O3/c1-13(2,18-12(15)17)7-6-9-4-3-5-10(8-9)11(14)16/h9-10H,3-8H2,1-2H3,(H2,14,16)(H2,15,17). The molecule has 0 bridgehead atoms. The zero-order chi connectivity index (χ0) is 13.8. The molecule has 4 N–H and O–H groups in total. The van der Waals surface area contributed by atoms with Crippen LogP contribution in [0.4, 0.5) is 4.79 Å². The molecule has 0 saturated heterocycles. The normalized spacial score (nSPS) is 24.6. The Balaban J connectivity index is 2.38. The van der Waals surface area contributed by atoms with Gasteiger partial charge in [0, 0.05) is 5.92 Å². The first-order valence-corrected chi connectivity index (χ1v) is 6.58. The molecular formula is C13H24N2O3. The lowest BCUT2D eigenvalue weighted by Crippen LogP contribution is -2.33. The van der Waals surface area contributed by atoms with E-state index in [1.165, 1.54) is 0 Å². The van der Waals surface area contributed by atoms with Gasteiger partial charge in [-0.05, 0) is 45.4 Å². The van der Waals surface area contributed by atoms with Gasteiger partial charge in [-0.25, -0.2) is 4.79 Å². The van der Waals surface area contributed by atoms with Crippen LogP contribution in [0.15, 0.2) is 0 Å². The largest absolute Gasteiger partial charge is 0.444 e. The van der Waals surface area contributed by atoms with E-state index in [9.17, 15) is 9.59 Å². The van der Waals surface area contributed by atoms with Crippen LogP contribution >= 0.6 is 0 Å². The lowest BCUT2D eigenvalue weighted by atomic mass is 9.78. The Bertz CT molecular complexity index is 315. The number of hydrogen-bond donors (Lipinski definition) is 2. The maximum absolute atomic E-state index is 11.2. The molecule has 5 heteroatoms. The van der Waals surface area contributed by atoms with Gasteiger partial charge in [-0.2, -0.15) is 0 Å². The highest BCUT2D eigenvalue weighted by Gasteiger charge is 2.28. The van der Waals surface area contributed by atoms with Crippen molar-refractivity contribution >= 4 is 12.0 Å². The molecule has 0 aromatic carbocycles. The summed E-state index contributed by atoms with van der Waals surface area (Å²) >= 11 is 0. The molecule has 0 radical (unpaired) electrons. The summed E-state index contributed by atoms with van der Waals surface area (Å²) in [6.07, 6.45) is 4.90. The molecule has 18 heavy (non-hydrogen) atoms. The van der Waals surface area contributed by atoms with Crippen LogP contribution in [0.2, 0.25) is 0 Å². The predicted molar refractivity (Wildman–Crippen MR) is 68.6 cm³/mol. The van der Waals surface area contributed by atoms with Crippen LogP contribution in [0, 0.1) is 11.8 Å². The topological polar surface area (TPSA) is 95.4 Å². The highest BCUT2D eigenvalue weighted by atomic mass is 16.6. The molecule has 1 fully saturated rings. The van der Waals surface area contributed by atoms with Crippen molar-refractivity contribution in [3.8, 4) is 0 Å². The van der Waals surface area contributed by atoms with Gasteiger partial charge in [0.2, 0.25) is 5.91 Å². The van der Waals surface area contributed by atoms with E-state index in [-0.39, 0.29) is 11.8 Å². The van der Waals surface area contributed by atoms with Gasteiger partial charge in [0.15, 0.2) is 0 Å². The minimum absolute atomic E-state index is 0.0175. The summed E-state index contributed by atoms with van der Waals surface area (Å²) in [7, 11) is 0. The minimum Gasteiger partial charge on any atom is -0.444 e. The molecule has 2 amide bonds. The van der Waals surface area contributed by atoms with Crippen LogP contribution < -0.4 is 11.5 Å². The smallest absolute Gasteiger partial charge is 0.405 e. The molecule has 1 aliphatic rings. The number of hydrogen-bond acceptors (Lipinski definition) is 3. The van der Waals surface area contributed by atoms with Gasteiger partial charge in [-0.3, -0.25) is 4.79 Å². The monoisotopic (exact) mass is 256 g/mol. The summed E-state index contributed by atoms with van der Waals surface area (Å²) in [4.78, 5) is 21.9. The Labute approximate surface area is 108 Å². The molecule has 0 aromatic rings. The molecule has 2 unspecified atom stereocenters. The van der Waals surface area contributed by atoms with Crippen LogP contribution in [0.1, 0.15) is 52.4 Å². The Hall–Kier alpha value is -1.26. The summed E-state index contributed by atoms with van der Waals surface area (Å²) in [6.45, 7) is 3.71. The molecule has 1 rings (SSSR count). The Morgan fingerprint density at radius 1 is 1.28 bits per heavy atom. The van der Waals surface area contributed by atoms with E-state index < -0.39 is 11.7 Å². The van der Waals surface area contributed by atoms with Gasteiger partial charge in [-0.15, -0.1) is 0 Å². The first kappa shape index (κ1) is 14.8. The molecule has 2 atom stereocenters. The van der Waals surface area contributed by atoms with Crippen molar-refractivity contribution in [1.29, 1.82) is 0 Å². The summed E-state index contributed by atoms with van der Waals surface area (Å²) in [5.74, 6) is 0.322. The number of carbonyl (C=O) groups excluding carboxylic acids is 2. The van der Waals surface area contributed by atoms with Gasteiger partial charge >= 0.3 is 6.09 Å². The van der Waals surface area contributed by atoms with E-state index in [1.54, 1.807) is 0 Å². The van der Waals surface area contributed by atoms with Crippen molar-refractivity contribution in [3.63, 3.8) is 0 Å². The van der Waals surface area contributed by atoms with Crippen LogP contribution in [0.3, 0.4) is 0 Å². The highest BCUT2D eigenvalue weighted by Crippen LogP contribution is 2.33. The molecule has 1 saturated carbocycles. The van der Waals surface area contributed by atoms with E-state index in [0.29, 0.717) is 5.92 Å². The molecule has 1 aliphatic carbocycles. The van der Waals surface area contributed by atoms with Gasteiger partial charge in [0.25, 0.3) is 0 Å². The van der Waals surface area contributed by atoms with Crippen molar-refractivity contribution in [2.75, 3.05) is 0 Å². The molecule has 0 aromatic heterocycles. The molecule has 0 spiro atoms. The van der Waals surface area contributed by atoms with E-state index in [4.69, 9.17) is 16.2 Å². The molecule has 0 aliphatic heterocycles. The number of primary amides is 2. The van der Waals surface area contributed by atoms with Crippen LogP contribution in [-0.4, -0.2) is 17.6 Å². The Morgan fingerprint density at radius 2 is 1.94 bits per heavy atom. The van der Waals surface area contributed by atoms with E-state index in [1.807, 2.05) is 13.8 Å². The van der Waals surface area contributed by atoms with Crippen LogP contribution in [-0.2, 0) is 9.53 Å². The summed E-state index contributed by atoms with van der Waals surface area (Å²) in [5.41, 5.74) is 9.84. The molecule has 104 valence electrons. The fourth-order valence-electron chi connectivity index (χ4n) is 2.69. The lowest BCUT2D eigenvalue weighted by Gasteiger charge is -2.30. The molecule has 0 heterocycles. The third-order valence-electron chi connectivity index (χ3n) is 3.72. The van der Waals surface area contributed by atoms with Crippen LogP contribution in [0.25, 0.3) is 0 Å². The van der Waals surface area contributed by atoms with Gasteiger partial charge in [0.05, 0.1) is 0 Å². The average molecular weight is 256 g/mol. The maximum Gasteiger partial charge on any atom is 0.405 e. The SMILES string of the molecule is CC(C)(CCC1CCCC(C(N)=O)C1)OC(N)=O. The van der Waals surface area contributed by atoms with Crippen molar-refractivity contribution < 1.29 is 14.3 Å². The number of amides is 2. The highest BCUT2D eigenvalue weighted by molar-refractivity contribution is 5.76. The van der Waals surface area contributed by atoms with E-state index >= 15 is 0 Å². The number of rotatable bonds is 5. The number of nitrogens with two attached hydrogens (primary N) is 2. The number of carbonyl (C=O) groups is 2. The second-order valence-electron chi connectivity index (χ2n) is 5.85. The number of ether oxygens (including phenoxy) is 1. The second-order valence-corrected chi connectivity index (χ2v) is 5.85. The third kappa shape index (κ3) is 4.94. The van der Waals surface area contributed by atoms with Crippen molar-refractivity contribution in [2.45, 2.75) is 58.0 Å². The van der Waals surface area contributed by atoms with Gasteiger partial charge < -0.3 is 16.2 Å². The van der Waals surface area contributed by atoms with Gasteiger partial charge in [0.1, 0.15) is 5.60 Å². The second kappa shape index (κ2) is 6.07. The predicted octanol–water partition coefficient (Wildman–Crippen LogP) is 1.93. The maximum atomic E-state index is 11.2. The molecular weight excluding hydrogens is 232 g/mol. The minimum atomic E-state index is -0.737. The zero-order valence-electron chi connectivity index (χ0n) is 11.3. The van der Waals surface area contributed by atoms with E-state index in [0.717, 1.165) is 38.5 Å². The summed E-state index contributed by atoms with van der Waals surface area (Å²) in [5, 5.41) is 0. The fraction of sp³-hybridized carbons (Fsp3) is 0.846. The van der Waals surface area contributed by atoms with Crippen molar-refractivity contribution in [2.24, 2.45) is 23.3 Å². The van der Waals surface area contributed by atoms with Crippen molar-refractivity contribution in [1.82, 2.24) is 0 Å². The Morgan fingerprint density at radius 3 is 2.50 bits per heavy atom. The van der Waals surface area contributed by atoms with E-state index in [2.05, 4.69) is 0 Å². The average Bonchev–Trinajstić information content (AvgIpc) is 2.25.